The van der Waals surface area contributed by atoms with Crippen LogP contribution in [0.1, 0.15) is 52.4 Å². The lowest BCUT2D eigenvalue weighted by Gasteiger charge is -2.38. The Labute approximate surface area is 129 Å². The normalized spacial score (nSPS) is 26.2. The number of likely N-dealkylation sites (tertiary alicyclic amines) is 1. The number of hydrogen-bond acceptors (Lipinski definition) is 4. The largest absolute Gasteiger partial charge is 0.377 e. The summed E-state index contributed by atoms with van der Waals surface area (Å²) >= 11 is 0. The number of piperidine rings is 1. The Kier molecular flexibility index (Phi) is 6.47. The van der Waals surface area contributed by atoms with Crippen molar-refractivity contribution in [3.63, 3.8) is 0 Å². The molecule has 0 radical (unpaired) electrons. The molecule has 1 heterocycles. The molecule has 0 amide bonds. The van der Waals surface area contributed by atoms with E-state index in [0.29, 0.717) is 12.0 Å². The fourth-order valence-electron chi connectivity index (χ4n) is 3.35. The predicted octanol–water partition coefficient (Wildman–Crippen LogP) is 2.55. The van der Waals surface area contributed by atoms with Gasteiger partial charge in [-0.15, -0.1) is 0 Å². The van der Waals surface area contributed by atoms with Gasteiger partial charge in [0, 0.05) is 19.7 Å². The molecule has 1 saturated heterocycles. The minimum absolute atomic E-state index is 0.331. The number of ether oxygens (including phenoxy) is 1. The molecule has 1 aliphatic carbocycles. The lowest BCUT2D eigenvalue weighted by Crippen LogP contribution is -2.56. The van der Waals surface area contributed by atoms with Gasteiger partial charge in [0.1, 0.15) is 5.54 Å². The van der Waals surface area contributed by atoms with E-state index in [4.69, 9.17) is 4.74 Å². The summed E-state index contributed by atoms with van der Waals surface area (Å²) in [5, 5.41) is 13.3. The molecule has 0 bridgehead atoms. The number of hydrogen-bond donors (Lipinski definition) is 1. The molecule has 1 aliphatic heterocycles. The molecule has 2 aliphatic rings. The molecule has 1 N–H and O–H groups in total. The van der Waals surface area contributed by atoms with Crippen molar-refractivity contribution >= 4 is 0 Å². The quantitative estimate of drug-likeness (QED) is 0.710. The Morgan fingerprint density at radius 3 is 2.71 bits per heavy atom. The smallest absolute Gasteiger partial charge is 0.122 e. The Morgan fingerprint density at radius 1 is 1.29 bits per heavy atom. The van der Waals surface area contributed by atoms with Crippen LogP contribution < -0.4 is 5.32 Å². The zero-order valence-electron chi connectivity index (χ0n) is 13.7. The van der Waals surface area contributed by atoms with Gasteiger partial charge in [-0.25, -0.2) is 0 Å². The van der Waals surface area contributed by atoms with Crippen LogP contribution in [-0.4, -0.2) is 49.3 Å². The molecule has 0 aromatic heterocycles. The van der Waals surface area contributed by atoms with Gasteiger partial charge in [0.05, 0.1) is 12.2 Å². The highest BCUT2D eigenvalue weighted by Gasteiger charge is 2.46. The van der Waals surface area contributed by atoms with Crippen LogP contribution in [0.3, 0.4) is 0 Å². The molecule has 0 spiro atoms. The van der Waals surface area contributed by atoms with Crippen LogP contribution in [0.25, 0.3) is 0 Å². The van der Waals surface area contributed by atoms with E-state index in [-0.39, 0.29) is 5.54 Å². The first kappa shape index (κ1) is 16.7. The molecule has 2 atom stereocenters. The molecule has 21 heavy (non-hydrogen) atoms. The molecular formula is C17H31N3O. The molecule has 0 aromatic rings. The maximum Gasteiger partial charge on any atom is 0.122 e. The average Bonchev–Trinajstić information content (AvgIpc) is 3.35. The fourth-order valence-corrected chi connectivity index (χ4v) is 3.35. The van der Waals surface area contributed by atoms with Crippen molar-refractivity contribution < 1.29 is 4.74 Å². The minimum atomic E-state index is -0.331. The van der Waals surface area contributed by atoms with Crippen LogP contribution in [0.15, 0.2) is 0 Å². The van der Waals surface area contributed by atoms with E-state index in [1.54, 1.807) is 0 Å². The van der Waals surface area contributed by atoms with Crippen molar-refractivity contribution in [1.82, 2.24) is 10.2 Å². The first-order valence-corrected chi connectivity index (χ1v) is 8.74. The topological polar surface area (TPSA) is 48.3 Å². The minimum Gasteiger partial charge on any atom is -0.377 e. The third kappa shape index (κ3) is 4.67. The maximum absolute atomic E-state index is 9.78. The first-order valence-electron chi connectivity index (χ1n) is 8.74. The van der Waals surface area contributed by atoms with Crippen molar-refractivity contribution in [2.75, 3.05) is 32.8 Å². The Hall–Kier alpha value is -0.630. The van der Waals surface area contributed by atoms with Gasteiger partial charge in [-0.05, 0) is 57.5 Å². The van der Waals surface area contributed by atoms with Gasteiger partial charge < -0.3 is 4.74 Å². The first-order chi connectivity index (χ1) is 10.2. The highest BCUT2D eigenvalue weighted by molar-refractivity contribution is 5.17. The third-order valence-corrected chi connectivity index (χ3v) is 4.66. The summed E-state index contributed by atoms with van der Waals surface area (Å²) in [5.74, 6) is 0.547. The van der Waals surface area contributed by atoms with Crippen molar-refractivity contribution in [1.29, 1.82) is 5.26 Å². The van der Waals surface area contributed by atoms with Gasteiger partial charge in [0.15, 0.2) is 0 Å². The van der Waals surface area contributed by atoms with Gasteiger partial charge in [0.2, 0.25) is 0 Å². The highest BCUT2D eigenvalue weighted by Crippen LogP contribution is 2.40. The molecule has 1 saturated carbocycles. The monoisotopic (exact) mass is 293 g/mol. The van der Waals surface area contributed by atoms with Gasteiger partial charge in [-0.2, -0.15) is 5.26 Å². The summed E-state index contributed by atoms with van der Waals surface area (Å²) in [6, 6.07) is 2.62. The second kappa shape index (κ2) is 8.12. The summed E-state index contributed by atoms with van der Waals surface area (Å²) in [7, 11) is 0. The van der Waals surface area contributed by atoms with Crippen LogP contribution in [0.2, 0.25) is 0 Å². The number of nitrogens with one attached hydrogen (secondary N) is 1. The zero-order chi connectivity index (χ0) is 15.1. The molecule has 2 fully saturated rings. The van der Waals surface area contributed by atoms with Crippen molar-refractivity contribution in [2.45, 2.75) is 64.0 Å². The second-order valence-electron chi connectivity index (χ2n) is 6.65. The highest BCUT2D eigenvalue weighted by atomic mass is 16.5. The summed E-state index contributed by atoms with van der Waals surface area (Å²) < 4.78 is 5.92. The Morgan fingerprint density at radius 2 is 2.10 bits per heavy atom. The van der Waals surface area contributed by atoms with E-state index in [2.05, 4.69) is 30.1 Å². The Balaban J connectivity index is 1.91. The van der Waals surface area contributed by atoms with Crippen molar-refractivity contribution in [3.8, 4) is 6.07 Å². The summed E-state index contributed by atoms with van der Waals surface area (Å²) in [6.07, 6.45) is 7.29. The third-order valence-electron chi connectivity index (χ3n) is 4.66. The summed E-state index contributed by atoms with van der Waals surface area (Å²) in [5.41, 5.74) is -0.331. The van der Waals surface area contributed by atoms with Crippen LogP contribution in [0.5, 0.6) is 0 Å². The fraction of sp³-hybridized carbons (Fsp3) is 0.941. The van der Waals surface area contributed by atoms with Crippen LogP contribution in [-0.2, 0) is 4.74 Å². The maximum atomic E-state index is 9.78. The molecular weight excluding hydrogens is 262 g/mol. The Bertz CT molecular complexity index is 350. The lowest BCUT2D eigenvalue weighted by molar-refractivity contribution is -0.00579. The van der Waals surface area contributed by atoms with Gasteiger partial charge in [0.25, 0.3) is 0 Å². The van der Waals surface area contributed by atoms with E-state index in [1.807, 2.05) is 0 Å². The summed E-state index contributed by atoms with van der Waals surface area (Å²) in [4.78, 5) is 2.45. The van der Waals surface area contributed by atoms with E-state index in [0.717, 1.165) is 45.6 Å². The number of nitrogens with zero attached hydrogens (tertiary/aromatic N) is 2. The number of rotatable bonds is 9. The average molecular weight is 293 g/mol. The lowest BCUT2D eigenvalue weighted by atomic mass is 9.92. The molecule has 2 rings (SSSR count). The van der Waals surface area contributed by atoms with E-state index in [1.165, 1.54) is 25.7 Å². The van der Waals surface area contributed by atoms with Crippen LogP contribution >= 0.6 is 0 Å². The molecule has 0 aromatic carbocycles. The second-order valence-corrected chi connectivity index (χ2v) is 6.65. The molecule has 2 unspecified atom stereocenters. The van der Waals surface area contributed by atoms with Gasteiger partial charge in [-0.1, -0.05) is 13.8 Å². The van der Waals surface area contributed by atoms with E-state index in [9.17, 15) is 5.26 Å². The van der Waals surface area contributed by atoms with Crippen LogP contribution in [0, 0.1) is 17.2 Å². The van der Waals surface area contributed by atoms with Crippen molar-refractivity contribution in [3.05, 3.63) is 0 Å². The molecule has 120 valence electrons. The molecule has 4 heteroatoms. The predicted molar refractivity (Wildman–Crippen MR) is 85.1 cm³/mol. The summed E-state index contributed by atoms with van der Waals surface area (Å²) in [6.45, 7) is 9.08. The number of nitriles is 1. The van der Waals surface area contributed by atoms with Gasteiger partial charge in [-0.3, -0.25) is 10.2 Å². The standard InChI is InChI=1S/C17H31N3O/c1-3-9-19-17(13-18,15-7-8-15)14-20-10-5-6-16(12-20)21-11-4-2/h15-16,19H,3-12,14H2,1-2H3. The molecule has 4 nitrogen and oxygen atoms in total. The van der Waals surface area contributed by atoms with E-state index >= 15 is 0 Å². The van der Waals surface area contributed by atoms with E-state index < -0.39 is 0 Å². The van der Waals surface area contributed by atoms with Crippen LogP contribution in [0.4, 0.5) is 0 Å². The SMILES string of the molecule is CCCNC(C#N)(CN1CCCC(OCCC)C1)C1CC1. The van der Waals surface area contributed by atoms with Crippen molar-refractivity contribution in [2.24, 2.45) is 5.92 Å². The van der Waals surface area contributed by atoms with Gasteiger partial charge >= 0.3 is 0 Å². The zero-order valence-corrected chi connectivity index (χ0v) is 13.7.